The van der Waals surface area contributed by atoms with Gasteiger partial charge in [0, 0.05) is 74.2 Å². The number of benzene rings is 15. The van der Waals surface area contributed by atoms with Gasteiger partial charge in [-0.2, -0.15) is 0 Å². The van der Waals surface area contributed by atoms with Gasteiger partial charge in [-0.15, -0.1) is 0 Å². The van der Waals surface area contributed by atoms with Crippen molar-refractivity contribution < 1.29 is 0 Å². The van der Waals surface area contributed by atoms with Crippen LogP contribution in [0.1, 0.15) is 139 Å². The fourth-order valence-corrected chi connectivity index (χ4v) is 16.4. The molecule has 0 bridgehead atoms. The Balaban J connectivity index is 0.000000120. The van der Waals surface area contributed by atoms with Crippen LogP contribution in [0.4, 0.5) is 68.2 Å². The predicted octanol–water partition coefficient (Wildman–Crippen LogP) is 30.7. The number of fused-ring (bicyclic) bond motifs is 9. The summed E-state index contributed by atoms with van der Waals surface area (Å²) >= 11 is 0. The van der Waals surface area contributed by atoms with Crippen molar-refractivity contribution in [2.45, 2.75) is 135 Å². The molecule has 3 aliphatic carbocycles. The molecule has 114 heavy (non-hydrogen) atoms. The summed E-state index contributed by atoms with van der Waals surface area (Å²) in [6.45, 7) is 30.5. The molecule has 15 aromatic carbocycles. The normalized spacial score (nSPS) is 12.2. The molecule has 15 aromatic rings. The summed E-state index contributed by atoms with van der Waals surface area (Å²) in [6, 6.07) is 119. The molecule has 3 aliphatic rings. The number of rotatable bonds is 15. The van der Waals surface area contributed by atoms with E-state index in [2.05, 4.69) is 438 Å². The van der Waals surface area contributed by atoms with Crippen molar-refractivity contribution in [2.24, 2.45) is 0 Å². The molecule has 4 nitrogen and oxygen atoms in total. The average Bonchev–Trinajstić information content (AvgIpc) is 1.59. The largest absolute Gasteiger partial charge is 0.310 e. The highest BCUT2D eigenvalue weighted by Crippen LogP contribution is 2.49. The molecule has 0 aromatic heterocycles. The van der Waals surface area contributed by atoms with Gasteiger partial charge in [-0.1, -0.05) is 237 Å². The summed E-state index contributed by atoms with van der Waals surface area (Å²) in [5.41, 5.74) is 48.3. The second-order valence-electron chi connectivity index (χ2n) is 31.7. The first-order valence-corrected chi connectivity index (χ1v) is 40.9. The van der Waals surface area contributed by atoms with Crippen LogP contribution in [0.3, 0.4) is 0 Å². The van der Waals surface area contributed by atoms with Crippen molar-refractivity contribution in [1.29, 1.82) is 0 Å². The monoisotopic (exact) mass is 1480 g/mol. The van der Waals surface area contributed by atoms with Crippen LogP contribution < -0.4 is 19.6 Å². The summed E-state index contributed by atoms with van der Waals surface area (Å²) in [4.78, 5) is 9.43. The van der Waals surface area contributed by atoms with Crippen LogP contribution in [-0.2, 0) is 32.1 Å². The fourth-order valence-electron chi connectivity index (χ4n) is 16.4. The van der Waals surface area contributed by atoms with Crippen LogP contribution in [0.2, 0.25) is 0 Å². The highest BCUT2D eigenvalue weighted by Gasteiger charge is 2.28. The second-order valence-corrected chi connectivity index (χ2v) is 31.7. The first-order chi connectivity index (χ1) is 55.3. The molecule has 0 radical (unpaired) electrons. The molecule has 1 unspecified atom stereocenters. The molecule has 0 aliphatic heterocycles. The molecular weight excluding hydrogens is 1380 g/mol. The predicted molar refractivity (Wildman–Crippen MR) is 489 cm³/mol. The highest BCUT2D eigenvalue weighted by molar-refractivity contribution is 5.88. The van der Waals surface area contributed by atoms with E-state index in [9.17, 15) is 0 Å². The van der Waals surface area contributed by atoms with Crippen molar-refractivity contribution in [2.75, 3.05) is 19.6 Å². The smallest absolute Gasteiger partial charge is 0.0465 e. The van der Waals surface area contributed by atoms with Gasteiger partial charge < -0.3 is 19.6 Å². The Morgan fingerprint density at radius 2 is 0.474 bits per heavy atom. The van der Waals surface area contributed by atoms with Crippen molar-refractivity contribution >= 4 is 68.2 Å². The van der Waals surface area contributed by atoms with E-state index in [0.29, 0.717) is 5.92 Å². The molecule has 0 saturated carbocycles. The Bertz CT molecular complexity index is 5720. The van der Waals surface area contributed by atoms with Gasteiger partial charge in [0.05, 0.1) is 0 Å². The van der Waals surface area contributed by atoms with E-state index in [4.69, 9.17) is 0 Å². The van der Waals surface area contributed by atoms with Crippen molar-refractivity contribution in [3.05, 3.63) is 427 Å². The molecule has 566 valence electrons. The fraction of sp³-hybridized carbons (Fsp3) is 0.182. The van der Waals surface area contributed by atoms with Crippen molar-refractivity contribution in [3.8, 4) is 33.4 Å². The Morgan fingerprint density at radius 1 is 0.211 bits per heavy atom. The Kier molecular flexibility index (Phi) is 22.8. The van der Waals surface area contributed by atoms with E-state index in [1.54, 1.807) is 0 Å². The topological polar surface area (TPSA) is 13.0 Å². The molecule has 0 spiro atoms. The SMILES string of the molecule is CCc1ccc(N(c2ccc(CC)cc2)c2ccc3c(c2)Cc2cc(CC)ccc2-3)cc1.Cc1ccc(N(c2ccc(C)c(C)c2)c2ccc(C)c(C)c2)cc1.Cc1ccc(N(c2ccc(C)cc2)c2ccc3c(c2)C(C)c2ccccc2-3)cc1.Cc1ccc(N(c2ccc(C)cc2)c2ccc3c(c2)Cc2cc(C)ccc2-3)cc1. The molecule has 1 atom stereocenters. The summed E-state index contributed by atoms with van der Waals surface area (Å²) < 4.78 is 0. The highest BCUT2D eigenvalue weighted by atomic mass is 15.2. The van der Waals surface area contributed by atoms with E-state index in [1.165, 1.54) is 207 Å². The Hall–Kier alpha value is -12.5. The zero-order valence-electron chi connectivity index (χ0n) is 69.0. The van der Waals surface area contributed by atoms with Crippen LogP contribution in [0.15, 0.2) is 322 Å². The van der Waals surface area contributed by atoms with E-state index in [1.807, 2.05) is 0 Å². The third-order valence-electron chi connectivity index (χ3n) is 23.5. The average molecular weight is 1480 g/mol. The van der Waals surface area contributed by atoms with Gasteiger partial charge in [0.25, 0.3) is 0 Å². The molecule has 4 heteroatoms. The van der Waals surface area contributed by atoms with Gasteiger partial charge >= 0.3 is 0 Å². The molecule has 0 amide bonds. The first kappa shape index (κ1) is 76.8. The zero-order chi connectivity index (χ0) is 79.3. The molecule has 0 saturated heterocycles. The van der Waals surface area contributed by atoms with Gasteiger partial charge in [-0.3, -0.25) is 0 Å². The number of hydrogen-bond acceptors (Lipinski definition) is 4. The number of anilines is 12. The molecule has 0 fully saturated rings. The maximum absolute atomic E-state index is 2.39. The molecular formula is C110H106N4. The van der Waals surface area contributed by atoms with Crippen molar-refractivity contribution in [1.82, 2.24) is 0 Å². The molecule has 0 N–H and O–H groups in total. The van der Waals surface area contributed by atoms with Crippen molar-refractivity contribution in [3.63, 3.8) is 0 Å². The van der Waals surface area contributed by atoms with Crippen LogP contribution >= 0.6 is 0 Å². The van der Waals surface area contributed by atoms with Gasteiger partial charge in [0.2, 0.25) is 0 Å². The first-order valence-electron chi connectivity index (χ1n) is 40.9. The molecule has 0 heterocycles. The van der Waals surface area contributed by atoms with E-state index in [-0.39, 0.29) is 0 Å². The summed E-state index contributed by atoms with van der Waals surface area (Å²) in [6.07, 6.45) is 5.23. The minimum absolute atomic E-state index is 0.416. The standard InChI is InChI=1S/C31H31N.2C28H25N.C23H25N/c1-4-22-7-12-27(13-8-22)32(28-14-9-23(5-2)10-15-28)29-16-18-31-26(21-29)20-25-19-24(6-3)11-17-30(25)31;1-19-4-9-24(10-5-19)29(25-11-6-20(2)7-12-25)26-13-15-28-23(18-26)17-22-16-21(3)8-14-27(22)28;1-19-8-12-22(13-9-19)29(23-14-10-20(2)11-15-23)24-16-17-27-26-7-5-4-6-25(26)21(3)28(27)18-24;1-16-6-10-21(11-7-16)24(22-12-8-17(2)19(4)14-22)23-13-9-18(3)20(5)15-23/h7-19,21H,4-6,20H2,1-3H3;4-16,18H,17H2,1-3H3;4-18,21H,1-3H3;6-15H,1-5H3. The lowest BCUT2D eigenvalue weighted by molar-refractivity contribution is 0.956. The number of nitrogens with zero attached hydrogens (tertiary/aromatic N) is 4. The minimum Gasteiger partial charge on any atom is -0.310 e. The van der Waals surface area contributed by atoms with Crippen LogP contribution in [0, 0.1) is 69.2 Å². The van der Waals surface area contributed by atoms with Crippen LogP contribution in [0.25, 0.3) is 33.4 Å². The summed E-state index contributed by atoms with van der Waals surface area (Å²) in [5.74, 6) is 0.416. The van der Waals surface area contributed by atoms with E-state index < -0.39 is 0 Å². The number of hydrogen-bond donors (Lipinski definition) is 0. The Labute approximate surface area is 679 Å². The number of aryl methyl sites for hydroxylation is 13. The minimum atomic E-state index is 0.416. The van der Waals surface area contributed by atoms with Gasteiger partial charge in [-0.05, 0) is 353 Å². The third kappa shape index (κ3) is 16.6. The summed E-state index contributed by atoms with van der Waals surface area (Å²) in [7, 11) is 0. The zero-order valence-corrected chi connectivity index (χ0v) is 69.0. The third-order valence-corrected chi connectivity index (χ3v) is 23.5. The van der Waals surface area contributed by atoms with Crippen LogP contribution in [-0.4, -0.2) is 0 Å². The van der Waals surface area contributed by atoms with Crippen LogP contribution in [0.5, 0.6) is 0 Å². The van der Waals surface area contributed by atoms with Gasteiger partial charge in [0.1, 0.15) is 0 Å². The van der Waals surface area contributed by atoms with Gasteiger partial charge in [0.15, 0.2) is 0 Å². The van der Waals surface area contributed by atoms with E-state index in [0.717, 1.165) is 32.1 Å². The van der Waals surface area contributed by atoms with Gasteiger partial charge in [-0.25, -0.2) is 0 Å². The second kappa shape index (κ2) is 33.8. The lowest BCUT2D eigenvalue weighted by Gasteiger charge is -2.27. The Morgan fingerprint density at radius 3 is 0.851 bits per heavy atom. The quantitative estimate of drug-likeness (QED) is 0.101. The maximum Gasteiger partial charge on any atom is 0.0465 e. The summed E-state index contributed by atoms with van der Waals surface area (Å²) in [5, 5.41) is 0. The lowest BCUT2D eigenvalue weighted by Crippen LogP contribution is -2.10. The maximum atomic E-state index is 2.39. The molecule has 18 rings (SSSR count). The lowest BCUT2D eigenvalue weighted by atomic mass is 9.98. The van der Waals surface area contributed by atoms with E-state index >= 15 is 0 Å².